The maximum absolute atomic E-state index is 12.0. The van der Waals surface area contributed by atoms with Crippen molar-refractivity contribution in [3.05, 3.63) is 23.8 Å². The van der Waals surface area contributed by atoms with E-state index >= 15 is 0 Å². The van der Waals surface area contributed by atoms with Gasteiger partial charge in [0.15, 0.2) is 17.5 Å². The lowest BCUT2D eigenvalue weighted by atomic mass is 10.1. The molecule has 2 rings (SSSR count). The quantitative estimate of drug-likeness (QED) is 0.483. The maximum atomic E-state index is 12.0. The molecular formula is C23H38N4O4. The van der Waals surface area contributed by atoms with Gasteiger partial charge in [-0.1, -0.05) is 6.07 Å². The Morgan fingerprint density at radius 1 is 1.19 bits per heavy atom. The summed E-state index contributed by atoms with van der Waals surface area (Å²) in [5.74, 6) is 2.39. The van der Waals surface area contributed by atoms with Gasteiger partial charge in [0, 0.05) is 26.7 Å². The highest BCUT2D eigenvalue weighted by atomic mass is 16.6. The van der Waals surface area contributed by atoms with Gasteiger partial charge in [0.05, 0.1) is 19.3 Å². The van der Waals surface area contributed by atoms with Crippen molar-refractivity contribution in [2.45, 2.75) is 59.1 Å². The third-order valence-electron chi connectivity index (χ3n) is 4.73. The molecule has 1 amide bonds. The summed E-state index contributed by atoms with van der Waals surface area (Å²) in [6.45, 7) is 13.0. The molecule has 8 nitrogen and oxygen atoms in total. The number of hydrogen-bond donors (Lipinski definition) is 2. The van der Waals surface area contributed by atoms with E-state index < -0.39 is 5.60 Å². The Kier molecular flexibility index (Phi) is 9.27. The molecule has 0 spiro atoms. The summed E-state index contributed by atoms with van der Waals surface area (Å²) in [4.78, 5) is 18.6. The topological polar surface area (TPSA) is 84.4 Å². The Morgan fingerprint density at radius 2 is 1.90 bits per heavy atom. The largest absolute Gasteiger partial charge is 0.490 e. The minimum absolute atomic E-state index is 0.0493. The summed E-state index contributed by atoms with van der Waals surface area (Å²) in [5.41, 5.74) is 0.670. The molecule has 1 unspecified atom stereocenters. The first kappa shape index (κ1) is 24.6. The number of carbonyl (C=O) groups excluding carboxylic acids is 1. The highest BCUT2D eigenvalue weighted by molar-refractivity contribution is 5.80. The fraction of sp³-hybridized carbons (Fsp3) is 0.652. The van der Waals surface area contributed by atoms with Crippen LogP contribution in [0, 0.1) is 0 Å². The summed E-state index contributed by atoms with van der Waals surface area (Å²) in [5, 5.41) is 6.37. The number of benzene rings is 1. The second-order valence-electron chi connectivity index (χ2n) is 8.45. The van der Waals surface area contributed by atoms with Crippen LogP contribution in [0.4, 0.5) is 4.79 Å². The number of alkyl carbamates (subject to hydrolysis) is 1. The minimum Gasteiger partial charge on any atom is -0.490 e. The van der Waals surface area contributed by atoms with E-state index in [1.807, 2.05) is 46.8 Å². The molecule has 1 heterocycles. The number of nitrogens with one attached hydrogen (secondary N) is 2. The lowest BCUT2D eigenvalue weighted by Gasteiger charge is -2.23. The van der Waals surface area contributed by atoms with Crippen LogP contribution in [0.3, 0.4) is 0 Å². The van der Waals surface area contributed by atoms with E-state index in [1.165, 1.54) is 5.56 Å². The van der Waals surface area contributed by atoms with Crippen LogP contribution >= 0.6 is 0 Å². The Bertz CT molecular complexity index is 746. The number of likely N-dealkylation sites (tertiary alicyclic amines) is 1. The zero-order valence-electron chi connectivity index (χ0n) is 19.8. The van der Waals surface area contributed by atoms with Crippen molar-refractivity contribution < 1.29 is 19.0 Å². The number of rotatable bonds is 8. The third kappa shape index (κ3) is 8.19. The lowest BCUT2D eigenvalue weighted by Crippen LogP contribution is -2.44. The molecule has 0 bridgehead atoms. The molecule has 2 N–H and O–H groups in total. The summed E-state index contributed by atoms with van der Waals surface area (Å²) in [6.07, 6.45) is 1.32. The second kappa shape index (κ2) is 11.7. The Hall–Kier alpha value is -2.64. The molecule has 1 aliphatic heterocycles. The number of nitrogens with zero attached hydrogens (tertiary/aromatic N) is 2. The van der Waals surface area contributed by atoms with Gasteiger partial charge in [-0.3, -0.25) is 4.99 Å². The van der Waals surface area contributed by atoms with Crippen molar-refractivity contribution in [1.82, 2.24) is 15.5 Å². The normalized spacial score (nSPS) is 16.8. The third-order valence-corrected chi connectivity index (χ3v) is 4.73. The molecule has 1 atom stereocenters. The standard InChI is InChI=1S/C23H38N4O4/c1-7-29-19-10-9-17(15-20(19)30-8-2)11-13-25-21(24-6)27-14-12-18(16-27)26-22(28)31-23(3,4)5/h9-10,15,18H,7-8,11-14,16H2,1-6H3,(H,24,25)(H,26,28). The monoisotopic (exact) mass is 434 g/mol. The summed E-state index contributed by atoms with van der Waals surface area (Å²) in [6, 6.07) is 6.12. The molecule has 1 aliphatic rings. The SMILES string of the molecule is CCOc1ccc(CCNC(=NC)N2CCC(NC(=O)OC(C)(C)C)C2)cc1OCC. The minimum atomic E-state index is -0.497. The Labute approximate surface area is 186 Å². The average Bonchev–Trinajstić information content (AvgIpc) is 3.14. The van der Waals surface area contributed by atoms with E-state index in [1.54, 1.807) is 7.05 Å². The molecular weight excluding hydrogens is 396 g/mol. The highest BCUT2D eigenvalue weighted by Crippen LogP contribution is 2.28. The van der Waals surface area contributed by atoms with Gasteiger partial charge in [-0.15, -0.1) is 0 Å². The number of hydrogen-bond acceptors (Lipinski definition) is 5. The van der Waals surface area contributed by atoms with Crippen molar-refractivity contribution >= 4 is 12.1 Å². The van der Waals surface area contributed by atoms with E-state index in [2.05, 4.69) is 26.6 Å². The lowest BCUT2D eigenvalue weighted by molar-refractivity contribution is 0.0507. The van der Waals surface area contributed by atoms with E-state index in [0.717, 1.165) is 43.4 Å². The molecule has 1 saturated heterocycles. The smallest absolute Gasteiger partial charge is 0.407 e. The molecule has 0 aliphatic carbocycles. The first-order chi connectivity index (χ1) is 14.8. The van der Waals surface area contributed by atoms with Gasteiger partial charge < -0.3 is 29.7 Å². The molecule has 0 radical (unpaired) electrons. The Balaban J connectivity index is 1.84. The first-order valence-electron chi connectivity index (χ1n) is 11.1. The van der Waals surface area contributed by atoms with Gasteiger partial charge in [-0.05, 0) is 65.2 Å². The van der Waals surface area contributed by atoms with Crippen LogP contribution in [-0.4, -0.2) is 68.5 Å². The molecule has 174 valence electrons. The van der Waals surface area contributed by atoms with Crippen molar-refractivity contribution in [2.75, 3.05) is 39.9 Å². The molecule has 1 aromatic carbocycles. The molecule has 31 heavy (non-hydrogen) atoms. The predicted molar refractivity (Wildman–Crippen MR) is 123 cm³/mol. The van der Waals surface area contributed by atoms with Gasteiger partial charge in [-0.2, -0.15) is 0 Å². The van der Waals surface area contributed by atoms with Crippen LogP contribution in [0.5, 0.6) is 11.5 Å². The predicted octanol–water partition coefficient (Wildman–Crippen LogP) is 3.20. The van der Waals surface area contributed by atoms with E-state index in [0.29, 0.717) is 19.8 Å². The van der Waals surface area contributed by atoms with Crippen LogP contribution in [0.25, 0.3) is 0 Å². The van der Waals surface area contributed by atoms with E-state index in [4.69, 9.17) is 14.2 Å². The Morgan fingerprint density at radius 3 is 2.55 bits per heavy atom. The zero-order valence-corrected chi connectivity index (χ0v) is 19.8. The number of aliphatic imine (C=N–C) groups is 1. The van der Waals surface area contributed by atoms with Crippen molar-refractivity contribution in [3.63, 3.8) is 0 Å². The number of carbonyl (C=O) groups is 1. The van der Waals surface area contributed by atoms with Gasteiger partial charge in [0.2, 0.25) is 0 Å². The van der Waals surface area contributed by atoms with Gasteiger partial charge in [-0.25, -0.2) is 4.79 Å². The van der Waals surface area contributed by atoms with E-state index in [-0.39, 0.29) is 12.1 Å². The molecule has 8 heteroatoms. The zero-order chi connectivity index (χ0) is 22.9. The summed E-state index contributed by atoms with van der Waals surface area (Å²) >= 11 is 0. The van der Waals surface area contributed by atoms with Crippen molar-refractivity contribution in [2.24, 2.45) is 4.99 Å². The van der Waals surface area contributed by atoms with E-state index in [9.17, 15) is 4.79 Å². The molecule has 1 fully saturated rings. The number of amides is 1. The number of ether oxygens (including phenoxy) is 3. The van der Waals surface area contributed by atoms with Crippen molar-refractivity contribution in [1.29, 1.82) is 0 Å². The van der Waals surface area contributed by atoms with Crippen LogP contribution in [0.1, 0.15) is 46.6 Å². The maximum Gasteiger partial charge on any atom is 0.407 e. The highest BCUT2D eigenvalue weighted by Gasteiger charge is 2.27. The molecule has 0 aromatic heterocycles. The van der Waals surface area contributed by atoms with Gasteiger partial charge in [0.1, 0.15) is 5.60 Å². The average molecular weight is 435 g/mol. The van der Waals surface area contributed by atoms with Gasteiger partial charge in [0.25, 0.3) is 0 Å². The van der Waals surface area contributed by atoms with Gasteiger partial charge >= 0.3 is 6.09 Å². The summed E-state index contributed by atoms with van der Waals surface area (Å²) in [7, 11) is 1.78. The number of guanidine groups is 1. The molecule has 1 aromatic rings. The summed E-state index contributed by atoms with van der Waals surface area (Å²) < 4.78 is 16.7. The second-order valence-corrected chi connectivity index (χ2v) is 8.45. The van der Waals surface area contributed by atoms with Crippen LogP contribution in [0.2, 0.25) is 0 Å². The first-order valence-corrected chi connectivity index (χ1v) is 11.1. The van der Waals surface area contributed by atoms with Crippen LogP contribution in [-0.2, 0) is 11.2 Å². The van der Waals surface area contributed by atoms with Crippen molar-refractivity contribution in [3.8, 4) is 11.5 Å². The molecule has 0 saturated carbocycles. The van der Waals surface area contributed by atoms with Crippen LogP contribution < -0.4 is 20.1 Å². The fourth-order valence-corrected chi connectivity index (χ4v) is 3.45. The fourth-order valence-electron chi connectivity index (χ4n) is 3.45. The van der Waals surface area contributed by atoms with Crippen LogP contribution in [0.15, 0.2) is 23.2 Å².